The number of hydrogen-bond acceptors (Lipinski definition) is 4. The van der Waals surface area contributed by atoms with Crippen molar-refractivity contribution in [1.82, 2.24) is 4.31 Å². The molecule has 0 bridgehead atoms. The van der Waals surface area contributed by atoms with Crippen molar-refractivity contribution in [3.8, 4) is 6.07 Å². The lowest BCUT2D eigenvalue weighted by Crippen LogP contribution is -2.31. The van der Waals surface area contributed by atoms with Crippen molar-refractivity contribution in [3.63, 3.8) is 0 Å². The second-order valence-corrected chi connectivity index (χ2v) is 6.38. The molecule has 0 amide bonds. The Morgan fingerprint density at radius 3 is 2.67 bits per heavy atom. The smallest absolute Gasteiger partial charge is 0.243 e. The minimum atomic E-state index is -3.58. The summed E-state index contributed by atoms with van der Waals surface area (Å²) in [6.45, 7) is 2.24. The summed E-state index contributed by atoms with van der Waals surface area (Å²) in [6.07, 6.45) is 0.166. The van der Waals surface area contributed by atoms with Crippen molar-refractivity contribution in [3.05, 3.63) is 22.7 Å². The molecule has 0 aliphatic rings. The molecule has 18 heavy (non-hydrogen) atoms. The van der Waals surface area contributed by atoms with E-state index in [-0.39, 0.29) is 17.9 Å². The zero-order valence-electron chi connectivity index (χ0n) is 9.93. The van der Waals surface area contributed by atoms with Crippen molar-refractivity contribution >= 4 is 31.6 Å². The van der Waals surface area contributed by atoms with E-state index >= 15 is 0 Å². The molecule has 0 aliphatic carbocycles. The highest BCUT2D eigenvalue weighted by atomic mass is 79.9. The first-order valence-corrected chi connectivity index (χ1v) is 7.59. The van der Waals surface area contributed by atoms with Gasteiger partial charge >= 0.3 is 0 Å². The van der Waals surface area contributed by atoms with Crippen LogP contribution in [0.15, 0.2) is 27.6 Å². The fraction of sp³-hybridized carbons (Fsp3) is 0.364. The second kappa shape index (κ2) is 6.18. The van der Waals surface area contributed by atoms with Crippen LogP contribution in [0.1, 0.15) is 13.3 Å². The zero-order valence-corrected chi connectivity index (χ0v) is 12.3. The summed E-state index contributed by atoms with van der Waals surface area (Å²) in [5.41, 5.74) is 6.04. The van der Waals surface area contributed by atoms with E-state index < -0.39 is 10.0 Å². The van der Waals surface area contributed by atoms with Gasteiger partial charge in [0.1, 0.15) is 0 Å². The van der Waals surface area contributed by atoms with Gasteiger partial charge in [-0.25, -0.2) is 8.42 Å². The molecule has 2 N–H and O–H groups in total. The highest BCUT2D eigenvalue weighted by Crippen LogP contribution is 2.24. The summed E-state index contributed by atoms with van der Waals surface area (Å²) < 4.78 is 26.5. The lowest BCUT2D eigenvalue weighted by molar-refractivity contribution is 0.435. The topological polar surface area (TPSA) is 87.2 Å². The summed E-state index contributed by atoms with van der Waals surface area (Å²) in [6, 6.07) is 6.44. The number of nitrogens with two attached hydrogens (primary N) is 1. The Bertz CT molecular complexity index is 566. The number of nitrogens with zero attached hydrogens (tertiary/aromatic N) is 2. The van der Waals surface area contributed by atoms with Crippen LogP contribution in [-0.2, 0) is 10.0 Å². The van der Waals surface area contributed by atoms with Gasteiger partial charge in [0.05, 0.1) is 11.0 Å². The van der Waals surface area contributed by atoms with Gasteiger partial charge < -0.3 is 5.73 Å². The number of benzene rings is 1. The summed E-state index contributed by atoms with van der Waals surface area (Å²) in [7, 11) is -3.58. The van der Waals surface area contributed by atoms with Crippen LogP contribution in [-0.4, -0.2) is 25.8 Å². The summed E-state index contributed by atoms with van der Waals surface area (Å²) >= 11 is 3.22. The molecule has 1 rings (SSSR count). The third-order valence-electron chi connectivity index (χ3n) is 2.43. The zero-order chi connectivity index (χ0) is 13.8. The standard InChI is InChI=1S/C11H14BrN3O2S/c1-2-15(7-3-6-13)18(16,17)9-4-5-10(12)11(14)8-9/h4-5,8H,2-3,7,14H2,1H3. The number of nitriles is 1. The maximum atomic E-state index is 12.3. The number of halogens is 1. The van der Waals surface area contributed by atoms with Crippen LogP contribution < -0.4 is 5.73 Å². The van der Waals surface area contributed by atoms with E-state index in [1.54, 1.807) is 13.0 Å². The molecule has 0 atom stereocenters. The molecular weight excluding hydrogens is 318 g/mol. The average Bonchev–Trinajstić information content (AvgIpc) is 2.33. The molecule has 1 aromatic rings. The van der Waals surface area contributed by atoms with Crippen LogP contribution in [0.25, 0.3) is 0 Å². The van der Waals surface area contributed by atoms with Crippen LogP contribution in [0.5, 0.6) is 0 Å². The summed E-state index contributed by atoms with van der Waals surface area (Å²) in [5.74, 6) is 0. The number of hydrogen-bond donors (Lipinski definition) is 1. The quantitative estimate of drug-likeness (QED) is 0.835. The van der Waals surface area contributed by atoms with Gasteiger partial charge in [-0.2, -0.15) is 9.57 Å². The van der Waals surface area contributed by atoms with E-state index in [9.17, 15) is 8.42 Å². The van der Waals surface area contributed by atoms with Crippen molar-refractivity contribution in [2.45, 2.75) is 18.2 Å². The Morgan fingerprint density at radius 2 is 2.17 bits per heavy atom. The predicted octanol–water partition coefficient (Wildman–Crippen LogP) is 1.96. The van der Waals surface area contributed by atoms with E-state index in [1.165, 1.54) is 16.4 Å². The second-order valence-electron chi connectivity index (χ2n) is 3.59. The van der Waals surface area contributed by atoms with Crippen LogP contribution >= 0.6 is 15.9 Å². The molecule has 0 radical (unpaired) electrons. The molecule has 0 spiro atoms. The van der Waals surface area contributed by atoms with Gasteiger partial charge in [0.15, 0.2) is 0 Å². The Kier molecular flexibility index (Phi) is 5.14. The molecule has 0 fully saturated rings. The number of nitrogen functional groups attached to an aromatic ring is 1. The number of anilines is 1. The largest absolute Gasteiger partial charge is 0.398 e. The van der Waals surface area contributed by atoms with Gasteiger partial charge in [0.25, 0.3) is 0 Å². The van der Waals surface area contributed by atoms with E-state index in [2.05, 4.69) is 15.9 Å². The van der Waals surface area contributed by atoms with Crippen LogP contribution in [0.4, 0.5) is 5.69 Å². The number of sulfonamides is 1. The van der Waals surface area contributed by atoms with Crippen molar-refractivity contribution < 1.29 is 8.42 Å². The Hall–Kier alpha value is -1.10. The highest BCUT2D eigenvalue weighted by Gasteiger charge is 2.23. The molecule has 1 aromatic carbocycles. The van der Waals surface area contributed by atoms with Crippen LogP contribution in [0.3, 0.4) is 0 Å². The minimum absolute atomic E-state index is 0.142. The lowest BCUT2D eigenvalue weighted by atomic mass is 10.3. The van der Waals surface area contributed by atoms with Gasteiger partial charge in [-0.3, -0.25) is 0 Å². The van der Waals surface area contributed by atoms with E-state index in [4.69, 9.17) is 11.0 Å². The fourth-order valence-electron chi connectivity index (χ4n) is 1.45. The normalized spacial score (nSPS) is 11.4. The summed E-state index contributed by atoms with van der Waals surface area (Å²) in [4.78, 5) is 0.142. The third-order valence-corrected chi connectivity index (χ3v) is 5.12. The summed E-state index contributed by atoms with van der Waals surface area (Å²) in [5, 5.41) is 8.53. The van der Waals surface area contributed by atoms with E-state index in [1.807, 2.05) is 6.07 Å². The van der Waals surface area contributed by atoms with Crippen molar-refractivity contribution in [2.75, 3.05) is 18.8 Å². The molecule has 5 nitrogen and oxygen atoms in total. The third kappa shape index (κ3) is 3.22. The average molecular weight is 332 g/mol. The number of rotatable bonds is 5. The predicted molar refractivity (Wildman–Crippen MR) is 73.2 cm³/mol. The first-order valence-electron chi connectivity index (χ1n) is 5.35. The first-order chi connectivity index (χ1) is 8.43. The molecule has 98 valence electrons. The highest BCUT2D eigenvalue weighted by molar-refractivity contribution is 9.10. The van der Waals surface area contributed by atoms with Gasteiger partial charge in [-0.05, 0) is 34.1 Å². The monoisotopic (exact) mass is 331 g/mol. The SMILES string of the molecule is CCN(CCC#N)S(=O)(=O)c1ccc(Br)c(N)c1. The molecule has 0 aromatic heterocycles. The van der Waals surface area contributed by atoms with Crippen molar-refractivity contribution in [1.29, 1.82) is 5.26 Å². The van der Waals surface area contributed by atoms with Gasteiger partial charge in [-0.1, -0.05) is 6.92 Å². The molecule has 0 aliphatic heterocycles. The minimum Gasteiger partial charge on any atom is -0.398 e. The van der Waals surface area contributed by atoms with Gasteiger partial charge in [0.2, 0.25) is 10.0 Å². The van der Waals surface area contributed by atoms with Crippen LogP contribution in [0, 0.1) is 11.3 Å². The van der Waals surface area contributed by atoms with Gasteiger partial charge in [0, 0.05) is 29.7 Å². The Balaban J connectivity index is 3.11. The fourth-order valence-corrected chi connectivity index (χ4v) is 3.19. The molecule has 0 saturated heterocycles. The van der Waals surface area contributed by atoms with E-state index in [0.29, 0.717) is 16.7 Å². The Labute approximate surface area is 115 Å². The molecule has 0 saturated carbocycles. The van der Waals surface area contributed by atoms with Crippen molar-refractivity contribution in [2.24, 2.45) is 0 Å². The van der Waals surface area contributed by atoms with Crippen LogP contribution in [0.2, 0.25) is 0 Å². The lowest BCUT2D eigenvalue weighted by Gasteiger charge is -2.19. The maximum absolute atomic E-state index is 12.3. The van der Waals surface area contributed by atoms with E-state index in [0.717, 1.165) is 0 Å². The first kappa shape index (κ1) is 15.0. The maximum Gasteiger partial charge on any atom is 0.243 e. The van der Waals surface area contributed by atoms with Gasteiger partial charge in [-0.15, -0.1) is 0 Å². The molecular formula is C11H14BrN3O2S. The molecule has 7 heteroatoms. The Morgan fingerprint density at radius 1 is 1.50 bits per heavy atom. The molecule has 0 unspecified atom stereocenters. The molecule has 0 heterocycles.